The van der Waals surface area contributed by atoms with Gasteiger partial charge in [0.25, 0.3) is 0 Å². The second kappa shape index (κ2) is 7.19. The van der Waals surface area contributed by atoms with Gasteiger partial charge in [-0.15, -0.1) is 0 Å². The predicted octanol–water partition coefficient (Wildman–Crippen LogP) is 4.52. The zero-order chi connectivity index (χ0) is 18.1. The van der Waals surface area contributed by atoms with Crippen molar-refractivity contribution >= 4 is 12.0 Å². The first kappa shape index (κ1) is 17.8. The normalized spacial score (nSPS) is 32.5. The average Bonchev–Trinajstić information content (AvgIpc) is 2.59. The molecule has 4 bridgehead atoms. The number of carbonyl (C=O) groups excluding carboxylic acids is 1. The highest BCUT2D eigenvalue weighted by atomic mass is 16.5. The summed E-state index contributed by atoms with van der Waals surface area (Å²) in [6.07, 6.45) is 12.2. The predicted molar refractivity (Wildman–Crippen MR) is 104 cm³/mol. The largest absolute Gasteiger partial charge is 0.466 e. The van der Waals surface area contributed by atoms with Gasteiger partial charge in [0.05, 0.1) is 7.11 Å². The summed E-state index contributed by atoms with van der Waals surface area (Å²) in [7, 11) is 3.68. The minimum atomic E-state index is -0.315. The van der Waals surface area contributed by atoms with Crippen molar-refractivity contribution in [3.63, 3.8) is 0 Å². The first-order valence-electron chi connectivity index (χ1n) is 10.1. The molecule has 4 aliphatic rings. The molecular formula is C23H31NO2. The fourth-order valence-electron chi connectivity index (χ4n) is 6.39. The van der Waals surface area contributed by atoms with Gasteiger partial charge in [-0.3, -0.25) is 0 Å². The molecule has 140 valence electrons. The molecule has 0 heterocycles. The van der Waals surface area contributed by atoms with Crippen molar-refractivity contribution in [3.8, 4) is 0 Å². The topological polar surface area (TPSA) is 29.5 Å². The van der Waals surface area contributed by atoms with Gasteiger partial charge in [0.1, 0.15) is 0 Å². The van der Waals surface area contributed by atoms with E-state index in [1.54, 1.807) is 6.08 Å². The van der Waals surface area contributed by atoms with Crippen LogP contribution in [0.1, 0.15) is 49.7 Å². The molecule has 1 aromatic carbocycles. The van der Waals surface area contributed by atoms with E-state index in [0.29, 0.717) is 5.41 Å². The monoisotopic (exact) mass is 353 g/mol. The average molecular weight is 354 g/mol. The maximum atomic E-state index is 11.2. The van der Waals surface area contributed by atoms with Crippen molar-refractivity contribution < 1.29 is 9.53 Å². The lowest BCUT2D eigenvalue weighted by atomic mass is 9.49. The van der Waals surface area contributed by atoms with Gasteiger partial charge in [-0.25, -0.2) is 4.79 Å². The van der Waals surface area contributed by atoms with Crippen LogP contribution in [0.15, 0.2) is 30.3 Å². The summed E-state index contributed by atoms with van der Waals surface area (Å²) in [4.78, 5) is 13.7. The molecule has 0 N–H and O–H groups in total. The third-order valence-corrected chi connectivity index (χ3v) is 6.82. The van der Waals surface area contributed by atoms with Gasteiger partial charge in [-0.2, -0.15) is 0 Å². The van der Waals surface area contributed by atoms with E-state index in [1.807, 2.05) is 0 Å². The molecule has 0 saturated heterocycles. The van der Waals surface area contributed by atoms with Gasteiger partial charge in [0.15, 0.2) is 0 Å². The number of benzene rings is 1. The zero-order valence-corrected chi connectivity index (χ0v) is 16.1. The quantitative estimate of drug-likeness (QED) is 0.556. The number of hydrogen-bond donors (Lipinski definition) is 0. The van der Waals surface area contributed by atoms with Gasteiger partial charge in [-0.1, -0.05) is 24.3 Å². The molecule has 4 saturated carbocycles. The molecule has 0 spiro atoms. The fraction of sp³-hybridized carbons (Fsp3) is 0.609. The summed E-state index contributed by atoms with van der Waals surface area (Å²) in [5, 5.41) is 0. The van der Waals surface area contributed by atoms with Crippen LogP contribution in [0, 0.1) is 23.2 Å². The summed E-state index contributed by atoms with van der Waals surface area (Å²) in [5.41, 5.74) is 2.97. The van der Waals surface area contributed by atoms with Gasteiger partial charge >= 0.3 is 5.97 Å². The Morgan fingerprint density at radius 3 is 2.23 bits per heavy atom. The van der Waals surface area contributed by atoms with Crippen LogP contribution in [-0.2, 0) is 16.1 Å². The first-order valence-corrected chi connectivity index (χ1v) is 10.1. The van der Waals surface area contributed by atoms with E-state index < -0.39 is 0 Å². The SMILES string of the molecule is COC(=O)/C=C/c1ccc(CN(C)CC23C[C@H]4C[C@H](C2)C[C@@H](C3)C4)cc1. The summed E-state index contributed by atoms with van der Waals surface area (Å²) < 4.78 is 4.63. The molecule has 0 radical (unpaired) electrons. The van der Waals surface area contributed by atoms with Gasteiger partial charge in [0.2, 0.25) is 0 Å². The number of esters is 1. The van der Waals surface area contributed by atoms with Gasteiger partial charge in [-0.05, 0) is 85.9 Å². The Bertz CT molecular complexity index is 641. The zero-order valence-electron chi connectivity index (χ0n) is 16.1. The highest BCUT2D eigenvalue weighted by Crippen LogP contribution is 2.60. The standard InChI is InChI=1S/C23H31NO2/c1-24(15-18-5-3-17(4-6-18)7-8-22(25)26-2)16-23-12-19-9-20(13-23)11-21(10-19)14-23/h3-8,19-21H,9-16H2,1-2H3/b8-7+/t19-,20-,21-,23?. The second-order valence-corrected chi connectivity index (χ2v) is 9.19. The first-order chi connectivity index (χ1) is 12.5. The molecule has 4 fully saturated rings. The van der Waals surface area contributed by atoms with E-state index in [-0.39, 0.29) is 5.97 Å². The third kappa shape index (κ3) is 3.88. The van der Waals surface area contributed by atoms with Crippen LogP contribution in [0.25, 0.3) is 6.08 Å². The number of ether oxygens (including phenoxy) is 1. The molecule has 1 aromatic rings. The Kier molecular flexibility index (Phi) is 4.92. The summed E-state index contributed by atoms with van der Waals surface area (Å²) in [6, 6.07) is 8.50. The van der Waals surface area contributed by atoms with E-state index in [9.17, 15) is 4.79 Å². The minimum Gasteiger partial charge on any atom is -0.466 e. The van der Waals surface area contributed by atoms with Crippen LogP contribution < -0.4 is 0 Å². The summed E-state index contributed by atoms with van der Waals surface area (Å²) in [6.45, 7) is 2.25. The van der Waals surface area contributed by atoms with E-state index in [4.69, 9.17) is 0 Å². The second-order valence-electron chi connectivity index (χ2n) is 9.19. The van der Waals surface area contributed by atoms with Crippen LogP contribution >= 0.6 is 0 Å². The highest BCUT2D eigenvalue weighted by Gasteiger charge is 2.50. The van der Waals surface area contributed by atoms with Crippen LogP contribution in [0.3, 0.4) is 0 Å². The minimum absolute atomic E-state index is 0.315. The number of nitrogens with zero attached hydrogens (tertiary/aromatic N) is 1. The van der Waals surface area contributed by atoms with E-state index in [2.05, 4.69) is 40.9 Å². The molecule has 5 rings (SSSR count). The van der Waals surface area contributed by atoms with Gasteiger partial charge < -0.3 is 9.64 Å². The Morgan fingerprint density at radius 1 is 1.12 bits per heavy atom. The van der Waals surface area contributed by atoms with Crippen LogP contribution in [-0.4, -0.2) is 31.6 Å². The number of rotatable bonds is 6. The highest BCUT2D eigenvalue weighted by molar-refractivity contribution is 5.86. The molecule has 26 heavy (non-hydrogen) atoms. The van der Waals surface area contributed by atoms with Crippen LogP contribution in [0.2, 0.25) is 0 Å². The van der Waals surface area contributed by atoms with Crippen LogP contribution in [0.4, 0.5) is 0 Å². The molecular weight excluding hydrogens is 322 g/mol. The van der Waals surface area contributed by atoms with Crippen molar-refractivity contribution in [2.45, 2.75) is 45.1 Å². The summed E-state index contributed by atoms with van der Waals surface area (Å²) >= 11 is 0. The maximum absolute atomic E-state index is 11.2. The molecule has 4 aliphatic carbocycles. The molecule has 0 atom stereocenters. The van der Waals surface area contributed by atoms with Crippen LogP contribution in [0.5, 0.6) is 0 Å². The Hall–Kier alpha value is -1.61. The van der Waals surface area contributed by atoms with Crippen molar-refractivity contribution in [1.29, 1.82) is 0 Å². The molecule has 0 unspecified atom stereocenters. The smallest absolute Gasteiger partial charge is 0.330 e. The van der Waals surface area contributed by atoms with Crippen molar-refractivity contribution in [1.82, 2.24) is 4.90 Å². The molecule has 3 nitrogen and oxygen atoms in total. The third-order valence-electron chi connectivity index (χ3n) is 6.82. The Morgan fingerprint density at radius 2 is 1.69 bits per heavy atom. The molecule has 3 heteroatoms. The fourth-order valence-corrected chi connectivity index (χ4v) is 6.39. The van der Waals surface area contributed by atoms with Crippen molar-refractivity contribution in [2.75, 3.05) is 20.7 Å². The molecule has 0 aromatic heterocycles. The van der Waals surface area contributed by atoms with E-state index in [1.165, 1.54) is 63.8 Å². The molecule has 0 amide bonds. The lowest BCUT2D eigenvalue weighted by Gasteiger charge is -2.57. The maximum Gasteiger partial charge on any atom is 0.330 e. The van der Waals surface area contributed by atoms with Gasteiger partial charge in [0, 0.05) is 19.2 Å². The number of hydrogen-bond acceptors (Lipinski definition) is 3. The van der Waals surface area contributed by atoms with E-state index in [0.717, 1.165) is 29.9 Å². The van der Waals surface area contributed by atoms with Crippen molar-refractivity contribution in [2.24, 2.45) is 23.2 Å². The lowest BCUT2D eigenvalue weighted by Crippen LogP contribution is -2.50. The molecule has 0 aliphatic heterocycles. The number of carbonyl (C=O) groups is 1. The Balaban J connectivity index is 1.34. The number of methoxy groups -OCH3 is 1. The van der Waals surface area contributed by atoms with E-state index >= 15 is 0 Å². The lowest BCUT2D eigenvalue weighted by molar-refractivity contribution is -0.134. The Labute approximate surface area is 157 Å². The summed E-state index contributed by atoms with van der Waals surface area (Å²) in [5.74, 6) is 2.76. The van der Waals surface area contributed by atoms with Crippen molar-refractivity contribution in [3.05, 3.63) is 41.5 Å².